The number of alkyl halides is 4. The number of carbonyl (C=O) groups excluding carboxylic acids is 2. The number of halogens is 4. The highest BCUT2D eigenvalue weighted by molar-refractivity contribution is 5.81. The molecule has 0 aliphatic rings. The Balaban J connectivity index is 4.61. The van der Waals surface area contributed by atoms with Gasteiger partial charge in [-0.2, -0.15) is 17.6 Å². The molecule has 2 atom stereocenters. The van der Waals surface area contributed by atoms with E-state index in [1.807, 2.05) is 0 Å². The van der Waals surface area contributed by atoms with Crippen LogP contribution in [0.3, 0.4) is 0 Å². The summed E-state index contributed by atoms with van der Waals surface area (Å²) in [5.41, 5.74) is 0. The third kappa shape index (κ3) is 7.55. The van der Waals surface area contributed by atoms with E-state index in [0.717, 1.165) is 0 Å². The maximum absolute atomic E-state index is 13.6. The van der Waals surface area contributed by atoms with Gasteiger partial charge in [0.05, 0.1) is 12.2 Å². The molecule has 0 fully saturated rings. The molecule has 0 rings (SSSR count). The van der Waals surface area contributed by atoms with Gasteiger partial charge in [0.25, 0.3) is 0 Å². The second-order valence-electron chi connectivity index (χ2n) is 4.79. The molecule has 0 aromatic heterocycles. The van der Waals surface area contributed by atoms with E-state index in [4.69, 9.17) is 0 Å². The van der Waals surface area contributed by atoms with Gasteiger partial charge >= 0.3 is 23.8 Å². The Bertz CT molecular complexity index is 424. The van der Waals surface area contributed by atoms with E-state index >= 15 is 0 Å². The Morgan fingerprint density at radius 2 is 1.17 bits per heavy atom. The zero-order valence-electron chi connectivity index (χ0n) is 12.6. The van der Waals surface area contributed by atoms with Crippen LogP contribution < -0.4 is 0 Å². The zero-order valence-corrected chi connectivity index (χ0v) is 12.6. The number of ether oxygens (including phenoxy) is 2. The lowest BCUT2D eigenvalue weighted by molar-refractivity contribution is -0.236. The van der Waals surface area contributed by atoms with Gasteiger partial charge in [-0.3, -0.25) is 0 Å². The Labute approximate surface area is 135 Å². The second kappa shape index (κ2) is 9.38. The highest BCUT2D eigenvalue weighted by Gasteiger charge is 2.57. The molecule has 0 aromatic rings. The van der Waals surface area contributed by atoms with E-state index in [9.17, 15) is 37.4 Å². The second-order valence-corrected chi connectivity index (χ2v) is 4.79. The first-order valence-corrected chi connectivity index (χ1v) is 6.65. The maximum Gasteiger partial charge on any atom is 0.330 e. The van der Waals surface area contributed by atoms with Gasteiger partial charge in [0.2, 0.25) is 0 Å². The van der Waals surface area contributed by atoms with E-state index in [0.29, 0.717) is 12.2 Å². The van der Waals surface area contributed by atoms with Gasteiger partial charge in [0.15, 0.2) is 0 Å². The van der Waals surface area contributed by atoms with Crippen molar-refractivity contribution < 1.29 is 46.8 Å². The molecule has 6 nitrogen and oxygen atoms in total. The number of aliphatic hydroxyl groups excluding tert-OH is 2. The van der Waals surface area contributed by atoms with Crippen molar-refractivity contribution in [2.24, 2.45) is 0 Å². The molecule has 0 saturated carbocycles. The van der Waals surface area contributed by atoms with Gasteiger partial charge < -0.3 is 19.7 Å². The summed E-state index contributed by atoms with van der Waals surface area (Å²) in [5.74, 6) is -11.4. The van der Waals surface area contributed by atoms with Gasteiger partial charge in [0.1, 0.15) is 13.2 Å². The van der Waals surface area contributed by atoms with Crippen molar-refractivity contribution >= 4 is 11.9 Å². The van der Waals surface area contributed by atoms with Gasteiger partial charge in [-0.25, -0.2) is 9.59 Å². The number of esters is 2. The van der Waals surface area contributed by atoms with Crippen LogP contribution in [0.1, 0.15) is 12.8 Å². The fourth-order valence-electron chi connectivity index (χ4n) is 1.48. The Kier molecular flexibility index (Phi) is 8.62. The summed E-state index contributed by atoms with van der Waals surface area (Å²) >= 11 is 0. The number of carbonyl (C=O) groups is 2. The molecule has 0 radical (unpaired) electrons. The first kappa shape index (κ1) is 22.1. The summed E-state index contributed by atoms with van der Waals surface area (Å²) in [4.78, 5) is 21.4. The monoisotopic (exact) mass is 358 g/mol. The predicted molar refractivity (Wildman–Crippen MR) is 73.5 cm³/mol. The standard InChI is InChI=1S/C14H18F4O6/c1-3-11(21)23-7-9(19)5-13(15,16)14(17,18)6-10(20)8-24-12(22)4-2/h3-4,9-10,19-20H,1-2,5-8H2. The van der Waals surface area contributed by atoms with Crippen LogP contribution in [0.25, 0.3) is 0 Å². The Morgan fingerprint density at radius 3 is 1.42 bits per heavy atom. The minimum Gasteiger partial charge on any atom is -0.460 e. The van der Waals surface area contributed by atoms with Crippen LogP contribution in [0.2, 0.25) is 0 Å². The smallest absolute Gasteiger partial charge is 0.330 e. The van der Waals surface area contributed by atoms with Crippen molar-refractivity contribution in [3.05, 3.63) is 25.3 Å². The lowest BCUT2D eigenvalue weighted by atomic mass is 9.99. The van der Waals surface area contributed by atoms with E-state index in [2.05, 4.69) is 22.6 Å². The van der Waals surface area contributed by atoms with E-state index in [1.165, 1.54) is 0 Å². The molecule has 0 spiro atoms. The molecule has 138 valence electrons. The number of rotatable bonds is 11. The van der Waals surface area contributed by atoms with Crippen LogP contribution in [0.4, 0.5) is 17.6 Å². The fraction of sp³-hybridized carbons (Fsp3) is 0.571. The molecule has 0 saturated heterocycles. The Morgan fingerprint density at radius 1 is 0.875 bits per heavy atom. The zero-order chi connectivity index (χ0) is 19.0. The summed E-state index contributed by atoms with van der Waals surface area (Å²) in [6, 6.07) is 0. The van der Waals surface area contributed by atoms with Crippen LogP contribution in [0, 0.1) is 0 Å². The van der Waals surface area contributed by atoms with Crippen LogP contribution in [-0.2, 0) is 19.1 Å². The summed E-state index contributed by atoms with van der Waals surface area (Å²) in [7, 11) is 0. The van der Waals surface area contributed by atoms with E-state index in [1.54, 1.807) is 0 Å². The normalized spacial score (nSPS) is 14.4. The minimum absolute atomic E-state index is 0.709. The number of hydrogen-bond acceptors (Lipinski definition) is 6. The molecule has 0 heterocycles. The summed E-state index contributed by atoms with van der Waals surface area (Å²) < 4.78 is 62.8. The Hall–Kier alpha value is -1.94. The topological polar surface area (TPSA) is 93.1 Å². The first-order chi connectivity index (χ1) is 10.9. The highest BCUT2D eigenvalue weighted by atomic mass is 19.3. The van der Waals surface area contributed by atoms with Crippen molar-refractivity contribution in [1.82, 2.24) is 0 Å². The lowest BCUT2D eigenvalue weighted by Gasteiger charge is -2.29. The van der Waals surface area contributed by atoms with Crippen LogP contribution >= 0.6 is 0 Å². The largest absolute Gasteiger partial charge is 0.460 e. The maximum atomic E-state index is 13.6. The van der Waals surface area contributed by atoms with Crippen molar-refractivity contribution in [3.8, 4) is 0 Å². The van der Waals surface area contributed by atoms with Gasteiger partial charge in [-0.1, -0.05) is 13.2 Å². The summed E-state index contributed by atoms with van der Waals surface area (Å²) in [6.07, 6.45) is -6.09. The summed E-state index contributed by atoms with van der Waals surface area (Å²) in [6.45, 7) is 4.21. The number of aliphatic hydroxyl groups is 2. The van der Waals surface area contributed by atoms with Crippen LogP contribution in [-0.4, -0.2) is 59.4 Å². The molecular formula is C14H18F4O6. The molecule has 24 heavy (non-hydrogen) atoms. The predicted octanol–water partition coefficient (Wildman–Crippen LogP) is 1.22. The van der Waals surface area contributed by atoms with E-state index < -0.39 is 62.0 Å². The molecular weight excluding hydrogens is 340 g/mol. The van der Waals surface area contributed by atoms with Crippen LogP contribution in [0.5, 0.6) is 0 Å². The third-order valence-electron chi connectivity index (χ3n) is 2.69. The van der Waals surface area contributed by atoms with Crippen molar-refractivity contribution in [2.75, 3.05) is 13.2 Å². The minimum atomic E-state index is -4.70. The molecule has 0 aliphatic heterocycles. The third-order valence-corrected chi connectivity index (χ3v) is 2.69. The molecule has 10 heteroatoms. The van der Waals surface area contributed by atoms with Crippen molar-refractivity contribution in [2.45, 2.75) is 36.9 Å². The quantitative estimate of drug-likeness (QED) is 0.328. The molecule has 0 amide bonds. The highest BCUT2D eigenvalue weighted by Crippen LogP contribution is 2.41. The molecule has 0 aromatic carbocycles. The lowest BCUT2D eigenvalue weighted by Crippen LogP contribution is -2.46. The first-order valence-electron chi connectivity index (χ1n) is 6.65. The van der Waals surface area contributed by atoms with Gasteiger partial charge in [-0.15, -0.1) is 0 Å². The number of hydrogen-bond donors (Lipinski definition) is 2. The van der Waals surface area contributed by atoms with Gasteiger partial charge in [-0.05, 0) is 0 Å². The summed E-state index contributed by atoms with van der Waals surface area (Å²) in [5, 5.41) is 18.5. The molecule has 0 bridgehead atoms. The average molecular weight is 358 g/mol. The van der Waals surface area contributed by atoms with Gasteiger partial charge in [0, 0.05) is 25.0 Å². The molecule has 2 N–H and O–H groups in total. The van der Waals surface area contributed by atoms with Crippen LogP contribution in [0.15, 0.2) is 25.3 Å². The van der Waals surface area contributed by atoms with Crippen molar-refractivity contribution in [3.63, 3.8) is 0 Å². The van der Waals surface area contributed by atoms with E-state index in [-0.39, 0.29) is 0 Å². The fourth-order valence-corrected chi connectivity index (χ4v) is 1.48. The molecule has 0 aliphatic carbocycles. The average Bonchev–Trinajstić information content (AvgIpc) is 2.48. The SMILES string of the molecule is C=CC(=O)OCC(O)CC(F)(F)C(F)(F)CC(O)COC(=O)C=C. The molecule has 2 unspecified atom stereocenters. The van der Waals surface area contributed by atoms with Crippen molar-refractivity contribution in [1.29, 1.82) is 0 Å².